The van der Waals surface area contributed by atoms with Crippen LogP contribution in [0.4, 0.5) is 5.69 Å². The smallest absolute Gasteiger partial charge is 0.149 e. The lowest BCUT2D eigenvalue weighted by Gasteiger charge is -2.24. The summed E-state index contributed by atoms with van der Waals surface area (Å²) in [5.41, 5.74) is 3.35. The van der Waals surface area contributed by atoms with Crippen molar-refractivity contribution < 1.29 is 4.42 Å². The Hall–Kier alpha value is -2.46. The monoisotopic (exact) mass is 334 g/mol. The van der Waals surface area contributed by atoms with E-state index in [9.17, 15) is 0 Å². The first-order valence-electron chi connectivity index (χ1n) is 7.95. The van der Waals surface area contributed by atoms with Crippen molar-refractivity contribution in [1.82, 2.24) is 0 Å². The molecule has 1 unspecified atom stereocenters. The van der Waals surface area contributed by atoms with Crippen LogP contribution in [0.2, 0.25) is 0 Å². The van der Waals surface area contributed by atoms with E-state index >= 15 is 0 Å². The number of nitrogens with zero attached hydrogens (tertiary/aromatic N) is 2. The van der Waals surface area contributed by atoms with Gasteiger partial charge < -0.3 is 4.42 Å². The lowest BCUT2D eigenvalue weighted by atomic mass is 10.0. The van der Waals surface area contributed by atoms with Crippen LogP contribution < -0.4 is 5.01 Å². The molecule has 0 bridgehead atoms. The standard InChI is InChI=1S/C20H18N2OS/c1-24-17-11-9-15(10-12-17)19-14-18(20-8-5-13-23-20)21-22(19)16-6-3-2-4-7-16/h2-13,19H,14H2,1H3. The molecule has 1 atom stereocenters. The predicted octanol–water partition coefficient (Wildman–Crippen LogP) is 5.36. The molecule has 0 saturated carbocycles. The summed E-state index contributed by atoms with van der Waals surface area (Å²) < 4.78 is 5.56. The summed E-state index contributed by atoms with van der Waals surface area (Å²) in [6.45, 7) is 0. The number of thioether (sulfide) groups is 1. The first-order chi connectivity index (χ1) is 11.8. The average Bonchev–Trinajstić information content (AvgIpc) is 3.32. The van der Waals surface area contributed by atoms with Crippen LogP contribution in [0.3, 0.4) is 0 Å². The highest BCUT2D eigenvalue weighted by Gasteiger charge is 2.30. The molecule has 4 heteroatoms. The van der Waals surface area contributed by atoms with Gasteiger partial charge in [0.05, 0.1) is 18.0 Å². The summed E-state index contributed by atoms with van der Waals surface area (Å²) in [6, 6.07) is 23.1. The lowest BCUT2D eigenvalue weighted by molar-refractivity contribution is 0.556. The van der Waals surface area contributed by atoms with Crippen LogP contribution in [0.25, 0.3) is 0 Å². The zero-order valence-corrected chi connectivity index (χ0v) is 14.2. The molecule has 1 aliphatic rings. The molecular weight excluding hydrogens is 316 g/mol. The number of hydrogen-bond donors (Lipinski definition) is 0. The van der Waals surface area contributed by atoms with E-state index in [1.54, 1.807) is 18.0 Å². The van der Waals surface area contributed by atoms with Crippen molar-refractivity contribution in [2.45, 2.75) is 17.4 Å². The summed E-state index contributed by atoms with van der Waals surface area (Å²) in [7, 11) is 0. The first-order valence-corrected chi connectivity index (χ1v) is 9.17. The maximum atomic E-state index is 5.56. The van der Waals surface area contributed by atoms with E-state index in [0.717, 1.165) is 23.6 Å². The molecule has 3 aromatic rings. The molecule has 1 aliphatic heterocycles. The van der Waals surface area contributed by atoms with Gasteiger partial charge in [-0.05, 0) is 48.2 Å². The van der Waals surface area contributed by atoms with Crippen LogP contribution in [-0.2, 0) is 0 Å². The second kappa shape index (κ2) is 6.57. The third-order valence-corrected chi connectivity index (χ3v) is 4.98. The number of anilines is 1. The Morgan fingerprint density at radius 1 is 1.00 bits per heavy atom. The summed E-state index contributed by atoms with van der Waals surface area (Å²) >= 11 is 1.76. The Bertz CT molecular complexity index is 826. The van der Waals surface area contributed by atoms with Crippen LogP contribution in [0.15, 0.2) is 87.4 Å². The van der Waals surface area contributed by atoms with E-state index in [0.29, 0.717) is 0 Å². The van der Waals surface area contributed by atoms with Crippen molar-refractivity contribution in [3.8, 4) is 0 Å². The number of hydrazone groups is 1. The van der Waals surface area contributed by atoms with E-state index in [1.165, 1.54) is 10.5 Å². The second-order valence-corrected chi connectivity index (χ2v) is 6.58. The molecule has 0 aliphatic carbocycles. The minimum Gasteiger partial charge on any atom is -0.463 e. The van der Waals surface area contributed by atoms with E-state index in [2.05, 4.69) is 47.7 Å². The molecule has 1 aromatic heterocycles. The molecule has 0 radical (unpaired) electrons. The molecule has 3 nitrogen and oxygen atoms in total. The Kier molecular flexibility index (Phi) is 4.13. The van der Waals surface area contributed by atoms with Gasteiger partial charge in [-0.3, -0.25) is 5.01 Å². The SMILES string of the molecule is CSc1ccc(C2CC(c3ccco3)=NN2c2ccccc2)cc1. The molecule has 120 valence electrons. The second-order valence-electron chi connectivity index (χ2n) is 5.70. The number of rotatable bonds is 4. The van der Waals surface area contributed by atoms with Gasteiger partial charge in [0.15, 0.2) is 0 Å². The summed E-state index contributed by atoms with van der Waals surface area (Å²) in [6.07, 6.45) is 4.63. The van der Waals surface area contributed by atoms with Gasteiger partial charge in [0.2, 0.25) is 0 Å². The number of benzene rings is 2. The molecule has 0 saturated heterocycles. The largest absolute Gasteiger partial charge is 0.463 e. The highest BCUT2D eigenvalue weighted by molar-refractivity contribution is 7.98. The highest BCUT2D eigenvalue weighted by atomic mass is 32.2. The van der Waals surface area contributed by atoms with Crippen molar-refractivity contribution >= 4 is 23.2 Å². The van der Waals surface area contributed by atoms with E-state index in [4.69, 9.17) is 9.52 Å². The number of hydrogen-bond acceptors (Lipinski definition) is 4. The number of furan rings is 1. The maximum absolute atomic E-state index is 5.56. The average molecular weight is 334 g/mol. The third-order valence-electron chi connectivity index (χ3n) is 4.24. The van der Waals surface area contributed by atoms with Crippen LogP contribution in [-0.4, -0.2) is 12.0 Å². The van der Waals surface area contributed by atoms with Gasteiger partial charge in [0, 0.05) is 11.3 Å². The molecule has 0 spiro atoms. The quantitative estimate of drug-likeness (QED) is 0.602. The van der Waals surface area contributed by atoms with E-state index in [-0.39, 0.29) is 6.04 Å². The Labute approximate surface area is 146 Å². The minimum atomic E-state index is 0.184. The van der Waals surface area contributed by atoms with Gasteiger partial charge in [-0.1, -0.05) is 30.3 Å². The van der Waals surface area contributed by atoms with Crippen LogP contribution in [0.5, 0.6) is 0 Å². The molecule has 2 aromatic carbocycles. The zero-order chi connectivity index (χ0) is 16.4. The molecule has 4 rings (SSSR count). The van der Waals surface area contributed by atoms with Gasteiger partial charge in [-0.2, -0.15) is 5.10 Å². The molecule has 0 amide bonds. The van der Waals surface area contributed by atoms with Gasteiger partial charge in [-0.25, -0.2) is 0 Å². The fourth-order valence-electron chi connectivity index (χ4n) is 3.01. The Balaban J connectivity index is 1.71. The molecular formula is C20H18N2OS. The third kappa shape index (κ3) is 2.85. The molecule has 0 N–H and O–H groups in total. The van der Waals surface area contributed by atoms with Crippen LogP contribution in [0, 0.1) is 0 Å². The van der Waals surface area contributed by atoms with Crippen LogP contribution in [0.1, 0.15) is 23.8 Å². The highest BCUT2D eigenvalue weighted by Crippen LogP contribution is 2.37. The van der Waals surface area contributed by atoms with Gasteiger partial charge >= 0.3 is 0 Å². The minimum absolute atomic E-state index is 0.184. The number of para-hydroxylation sites is 1. The molecule has 24 heavy (non-hydrogen) atoms. The summed E-state index contributed by atoms with van der Waals surface area (Å²) in [4.78, 5) is 1.27. The fraction of sp³-hybridized carbons (Fsp3) is 0.150. The van der Waals surface area contributed by atoms with Crippen molar-refractivity contribution in [2.24, 2.45) is 5.10 Å². The van der Waals surface area contributed by atoms with Gasteiger partial charge in [0.25, 0.3) is 0 Å². The van der Waals surface area contributed by atoms with E-state index in [1.807, 2.05) is 30.3 Å². The lowest BCUT2D eigenvalue weighted by Crippen LogP contribution is -2.18. The van der Waals surface area contributed by atoms with Crippen molar-refractivity contribution in [3.05, 3.63) is 84.3 Å². The van der Waals surface area contributed by atoms with Gasteiger partial charge in [0.1, 0.15) is 11.5 Å². The Morgan fingerprint density at radius 2 is 1.79 bits per heavy atom. The molecule has 2 heterocycles. The summed E-state index contributed by atoms with van der Waals surface area (Å²) in [5, 5.41) is 6.96. The summed E-state index contributed by atoms with van der Waals surface area (Å²) in [5.74, 6) is 0.846. The normalized spacial score (nSPS) is 17.1. The Morgan fingerprint density at radius 3 is 2.46 bits per heavy atom. The predicted molar refractivity (Wildman–Crippen MR) is 99.7 cm³/mol. The first kappa shape index (κ1) is 15.1. The topological polar surface area (TPSA) is 28.7 Å². The van der Waals surface area contributed by atoms with E-state index < -0.39 is 0 Å². The van der Waals surface area contributed by atoms with Crippen molar-refractivity contribution in [1.29, 1.82) is 0 Å². The molecule has 0 fully saturated rings. The fourth-order valence-corrected chi connectivity index (χ4v) is 3.41. The van der Waals surface area contributed by atoms with Crippen LogP contribution >= 0.6 is 11.8 Å². The zero-order valence-electron chi connectivity index (χ0n) is 13.4. The van der Waals surface area contributed by atoms with Crippen molar-refractivity contribution in [2.75, 3.05) is 11.3 Å². The van der Waals surface area contributed by atoms with Gasteiger partial charge in [-0.15, -0.1) is 11.8 Å². The van der Waals surface area contributed by atoms with Crippen molar-refractivity contribution in [3.63, 3.8) is 0 Å². The maximum Gasteiger partial charge on any atom is 0.149 e.